The number of amides is 1. The summed E-state index contributed by atoms with van der Waals surface area (Å²) in [6, 6.07) is 26.4. The summed E-state index contributed by atoms with van der Waals surface area (Å²) >= 11 is 3.62. The van der Waals surface area contributed by atoms with Gasteiger partial charge in [0.15, 0.2) is 17.3 Å². The van der Waals surface area contributed by atoms with Crippen LogP contribution in [0.1, 0.15) is 51.8 Å². The Hall–Kier alpha value is -4.56. The SMILES string of the molecule is COc1cc(C(=O)N2c3ccccc3NC3=C(C(=O)C[C@H](c4ccc(C)cc4)C3)[C@H]2c2cccc(Br)c2)cc(OC)c1OC. The van der Waals surface area contributed by atoms with Crippen LogP contribution in [0.2, 0.25) is 0 Å². The van der Waals surface area contributed by atoms with Crippen LogP contribution >= 0.6 is 15.9 Å². The van der Waals surface area contributed by atoms with E-state index in [0.717, 1.165) is 27.0 Å². The monoisotopic (exact) mass is 652 g/mol. The van der Waals surface area contributed by atoms with Crippen LogP contribution in [0, 0.1) is 6.92 Å². The van der Waals surface area contributed by atoms with Gasteiger partial charge in [-0.05, 0) is 66.8 Å². The van der Waals surface area contributed by atoms with Crippen molar-refractivity contribution in [1.29, 1.82) is 0 Å². The summed E-state index contributed by atoms with van der Waals surface area (Å²) in [5.41, 5.74) is 6.26. The predicted molar refractivity (Wildman–Crippen MR) is 175 cm³/mol. The first-order valence-corrected chi connectivity index (χ1v) is 15.2. The van der Waals surface area contributed by atoms with Crippen LogP contribution in [0.4, 0.5) is 11.4 Å². The van der Waals surface area contributed by atoms with Crippen LogP contribution in [-0.2, 0) is 4.79 Å². The molecule has 1 heterocycles. The van der Waals surface area contributed by atoms with Gasteiger partial charge in [0.1, 0.15) is 0 Å². The topological polar surface area (TPSA) is 77.1 Å². The molecule has 0 saturated carbocycles. The molecule has 0 fully saturated rings. The van der Waals surface area contributed by atoms with Crippen molar-refractivity contribution in [3.8, 4) is 17.2 Å². The molecule has 1 N–H and O–H groups in total. The molecular formula is C36H33BrN2O5. The van der Waals surface area contributed by atoms with Crippen molar-refractivity contribution in [2.45, 2.75) is 31.7 Å². The predicted octanol–water partition coefficient (Wildman–Crippen LogP) is 8.00. The number of rotatable bonds is 6. The average molecular weight is 654 g/mol. The van der Waals surface area contributed by atoms with E-state index in [9.17, 15) is 9.59 Å². The Morgan fingerprint density at radius 3 is 2.20 bits per heavy atom. The van der Waals surface area contributed by atoms with Crippen LogP contribution in [0.25, 0.3) is 0 Å². The summed E-state index contributed by atoms with van der Waals surface area (Å²) in [6.07, 6.45) is 0.978. The largest absolute Gasteiger partial charge is 0.493 e. The Kier molecular flexibility index (Phi) is 8.19. The number of carbonyl (C=O) groups excluding carboxylic acids is 2. The van der Waals surface area contributed by atoms with Crippen molar-refractivity contribution in [2.75, 3.05) is 31.5 Å². The van der Waals surface area contributed by atoms with Gasteiger partial charge in [-0.25, -0.2) is 0 Å². The van der Waals surface area contributed by atoms with Crippen molar-refractivity contribution in [3.05, 3.63) is 123 Å². The van der Waals surface area contributed by atoms with Gasteiger partial charge in [0.2, 0.25) is 5.75 Å². The second kappa shape index (κ2) is 12.2. The van der Waals surface area contributed by atoms with Gasteiger partial charge in [0.25, 0.3) is 5.91 Å². The molecule has 1 amide bonds. The number of hydrogen-bond acceptors (Lipinski definition) is 6. The van der Waals surface area contributed by atoms with E-state index in [0.29, 0.717) is 46.9 Å². The Bertz CT molecular complexity index is 1760. The van der Waals surface area contributed by atoms with Crippen LogP contribution in [0.15, 0.2) is 101 Å². The summed E-state index contributed by atoms with van der Waals surface area (Å²) in [4.78, 5) is 30.9. The number of allylic oxidation sites excluding steroid dienone is 1. The Morgan fingerprint density at radius 2 is 1.55 bits per heavy atom. The molecule has 7 nitrogen and oxygen atoms in total. The first-order valence-electron chi connectivity index (χ1n) is 14.4. The number of aryl methyl sites for hydroxylation is 1. The number of fused-ring (bicyclic) bond motifs is 1. The van der Waals surface area contributed by atoms with Crippen molar-refractivity contribution in [3.63, 3.8) is 0 Å². The molecule has 0 unspecified atom stereocenters. The fraction of sp³-hybridized carbons (Fsp3) is 0.222. The Balaban J connectivity index is 1.57. The number of nitrogens with one attached hydrogen (secondary N) is 1. The van der Waals surface area contributed by atoms with Gasteiger partial charge < -0.3 is 19.5 Å². The number of benzene rings is 4. The molecule has 1 aliphatic heterocycles. The smallest absolute Gasteiger partial charge is 0.259 e. The summed E-state index contributed by atoms with van der Waals surface area (Å²) in [5, 5.41) is 3.60. The normalized spacial score (nSPS) is 17.7. The fourth-order valence-corrected chi connectivity index (χ4v) is 6.64. The van der Waals surface area contributed by atoms with E-state index in [1.807, 2.05) is 48.5 Å². The van der Waals surface area contributed by atoms with Gasteiger partial charge in [-0.1, -0.05) is 70.0 Å². The molecule has 0 bridgehead atoms. The second-order valence-electron chi connectivity index (χ2n) is 11.0. The summed E-state index contributed by atoms with van der Waals surface area (Å²) in [5.74, 6) is 0.829. The fourth-order valence-electron chi connectivity index (χ4n) is 6.22. The van der Waals surface area contributed by atoms with Crippen molar-refractivity contribution in [1.82, 2.24) is 0 Å². The third-order valence-corrected chi connectivity index (χ3v) is 8.83. The number of anilines is 2. The van der Waals surface area contributed by atoms with Crippen LogP contribution in [0.3, 0.4) is 0 Å². The van der Waals surface area contributed by atoms with Crippen LogP contribution in [0.5, 0.6) is 17.2 Å². The highest BCUT2D eigenvalue weighted by Crippen LogP contribution is 2.49. The molecule has 1 aliphatic carbocycles. The minimum Gasteiger partial charge on any atom is -0.493 e. The molecule has 4 aromatic rings. The average Bonchev–Trinajstić information content (AvgIpc) is 3.18. The first-order chi connectivity index (χ1) is 21.3. The second-order valence-corrected chi connectivity index (χ2v) is 11.9. The number of ether oxygens (including phenoxy) is 3. The summed E-state index contributed by atoms with van der Waals surface area (Å²) < 4.78 is 17.5. The quantitative estimate of drug-likeness (QED) is 0.227. The molecule has 4 aromatic carbocycles. The lowest BCUT2D eigenvalue weighted by molar-refractivity contribution is -0.116. The molecule has 6 rings (SSSR count). The highest BCUT2D eigenvalue weighted by atomic mass is 79.9. The van der Waals surface area contributed by atoms with E-state index < -0.39 is 6.04 Å². The summed E-state index contributed by atoms with van der Waals surface area (Å²) in [6.45, 7) is 2.06. The Labute approximate surface area is 265 Å². The van der Waals surface area contributed by atoms with Crippen LogP contribution in [-0.4, -0.2) is 33.0 Å². The van der Waals surface area contributed by atoms with Gasteiger partial charge >= 0.3 is 0 Å². The van der Waals surface area contributed by atoms with Gasteiger partial charge in [-0.3, -0.25) is 14.5 Å². The third-order valence-electron chi connectivity index (χ3n) is 8.33. The summed E-state index contributed by atoms with van der Waals surface area (Å²) in [7, 11) is 4.56. The molecule has 8 heteroatoms. The molecule has 224 valence electrons. The highest BCUT2D eigenvalue weighted by Gasteiger charge is 2.42. The van der Waals surface area contributed by atoms with Gasteiger partial charge in [-0.2, -0.15) is 0 Å². The zero-order valence-electron chi connectivity index (χ0n) is 25.0. The third kappa shape index (κ3) is 5.35. The molecule has 0 aromatic heterocycles. The maximum absolute atomic E-state index is 14.8. The highest BCUT2D eigenvalue weighted by molar-refractivity contribution is 9.10. The van der Waals surface area contributed by atoms with Gasteiger partial charge in [-0.15, -0.1) is 0 Å². The van der Waals surface area contributed by atoms with E-state index in [-0.39, 0.29) is 17.6 Å². The molecule has 0 radical (unpaired) electrons. The lowest BCUT2D eigenvalue weighted by atomic mass is 9.78. The van der Waals surface area contributed by atoms with E-state index in [1.165, 1.54) is 26.9 Å². The number of Topliss-reactive ketones (excluding diaryl/α,β-unsaturated/α-hetero) is 1. The lowest BCUT2D eigenvalue weighted by Crippen LogP contribution is -2.38. The zero-order valence-corrected chi connectivity index (χ0v) is 26.6. The maximum atomic E-state index is 14.8. The number of hydrogen-bond donors (Lipinski definition) is 1. The number of halogens is 1. The number of methoxy groups -OCH3 is 3. The minimum absolute atomic E-state index is 0.00444. The van der Waals surface area contributed by atoms with Crippen molar-refractivity contribution in [2.24, 2.45) is 0 Å². The molecule has 2 aliphatic rings. The van der Waals surface area contributed by atoms with Crippen molar-refractivity contribution < 1.29 is 23.8 Å². The van der Waals surface area contributed by atoms with E-state index in [2.05, 4.69) is 52.4 Å². The molecular weight excluding hydrogens is 620 g/mol. The van der Waals surface area contributed by atoms with E-state index in [4.69, 9.17) is 14.2 Å². The minimum atomic E-state index is -0.697. The molecule has 44 heavy (non-hydrogen) atoms. The number of carbonyl (C=O) groups is 2. The zero-order chi connectivity index (χ0) is 31.0. The number of para-hydroxylation sites is 2. The lowest BCUT2D eigenvalue weighted by Gasteiger charge is -2.35. The molecule has 0 spiro atoms. The van der Waals surface area contributed by atoms with Crippen molar-refractivity contribution >= 4 is 39.0 Å². The van der Waals surface area contributed by atoms with E-state index >= 15 is 0 Å². The van der Waals surface area contributed by atoms with Gasteiger partial charge in [0, 0.05) is 27.7 Å². The standard InChI is InChI=1S/C36H33BrN2O5/c1-21-12-14-22(15-13-21)24-17-28-33(30(40)18-24)34(23-8-7-9-26(37)16-23)39(29-11-6-5-10-27(29)38-28)36(41)25-19-31(42-2)35(44-4)32(20-25)43-3/h5-16,19-20,24,34,38H,17-18H2,1-4H3/t24-,34-/m1/s1. The first kappa shape index (κ1) is 29.5. The number of ketones is 1. The van der Waals surface area contributed by atoms with Crippen LogP contribution < -0.4 is 24.4 Å². The Morgan fingerprint density at radius 1 is 0.841 bits per heavy atom. The molecule has 0 saturated heterocycles. The number of nitrogens with zero attached hydrogens (tertiary/aromatic N) is 1. The van der Waals surface area contributed by atoms with E-state index in [1.54, 1.807) is 17.0 Å². The van der Waals surface area contributed by atoms with Gasteiger partial charge in [0.05, 0.1) is 38.7 Å². The maximum Gasteiger partial charge on any atom is 0.259 e. The molecule has 2 atom stereocenters.